The van der Waals surface area contributed by atoms with E-state index in [2.05, 4.69) is 27.4 Å². The Morgan fingerprint density at radius 3 is 2.70 bits per heavy atom. The Labute approximate surface area is 180 Å². The first-order valence-electron chi connectivity index (χ1n) is 10.2. The van der Waals surface area contributed by atoms with Gasteiger partial charge in [0.15, 0.2) is 5.16 Å². The number of hydrogen-bond acceptors (Lipinski definition) is 5. The van der Waals surface area contributed by atoms with Gasteiger partial charge < -0.3 is 9.47 Å². The molecule has 2 aromatic rings. The first-order valence-corrected chi connectivity index (χ1v) is 11.2. The van der Waals surface area contributed by atoms with Crippen LogP contribution >= 0.6 is 11.8 Å². The first-order chi connectivity index (χ1) is 14.6. The van der Waals surface area contributed by atoms with Gasteiger partial charge in [0.05, 0.1) is 18.2 Å². The van der Waals surface area contributed by atoms with Gasteiger partial charge in [-0.25, -0.2) is 4.39 Å². The van der Waals surface area contributed by atoms with Crippen molar-refractivity contribution in [2.45, 2.75) is 56.1 Å². The van der Waals surface area contributed by atoms with Crippen molar-refractivity contribution >= 4 is 23.4 Å². The van der Waals surface area contributed by atoms with Crippen LogP contribution < -0.4 is 4.90 Å². The summed E-state index contributed by atoms with van der Waals surface area (Å²) in [5.41, 5.74) is 0.577. The molecule has 0 N–H and O–H groups in total. The molecule has 0 unspecified atom stereocenters. The van der Waals surface area contributed by atoms with E-state index in [9.17, 15) is 9.18 Å². The van der Waals surface area contributed by atoms with E-state index in [0.29, 0.717) is 23.3 Å². The van der Waals surface area contributed by atoms with Crippen LogP contribution in [0.3, 0.4) is 0 Å². The van der Waals surface area contributed by atoms with Crippen LogP contribution in [0.15, 0.2) is 42.1 Å². The highest BCUT2D eigenvalue weighted by Gasteiger charge is 2.24. The van der Waals surface area contributed by atoms with Crippen LogP contribution in [0.25, 0.3) is 0 Å². The molecule has 1 aliphatic carbocycles. The maximum absolute atomic E-state index is 13.3. The smallest absolute Gasteiger partial charge is 0.237 e. The fraction of sp³-hybridized carbons (Fsp3) is 0.455. The van der Waals surface area contributed by atoms with Crippen molar-refractivity contribution < 1.29 is 9.18 Å². The quantitative estimate of drug-likeness (QED) is 0.429. The zero-order valence-electron chi connectivity index (χ0n) is 17.0. The number of carbonyl (C=O) groups excluding carboxylic acids is 1. The summed E-state index contributed by atoms with van der Waals surface area (Å²) in [6.45, 7) is 4.71. The highest BCUT2D eigenvalue weighted by molar-refractivity contribution is 7.99. The van der Waals surface area contributed by atoms with Crippen LogP contribution in [0.1, 0.15) is 50.3 Å². The molecule has 0 aliphatic heterocycles. The zero-order valence-corrected chi connectivity index (χ0v) is 17.8. The van der Waals surface area contributed by atoms with Crippen molar-refractivity contribution in [2.75, 3.05) is 17.2 Å². The number of halogens is 1. The largest absolute Gasteiger partial charge is 0.311 e. The molecule has 8 heteroatoms. The SMILES string of the molecule is C=CCn1c(SCC(=O)N(CCC#N)c2ccc(F)cc2)nnc1C1CCCCC1. The van der Waals surface area contributed by atoms with E-state index in [1.807, 2.05) is 6.08 Å². The number of anilines is 1. The molecule has 158 valence electrons. The van der Waals surface area contributed by atoms with E-state index >= 15 is 0 Å². The van der Waals surface area contributed by atoms with E-state index < -0.39 is 0 Å². The maximum atomic E-state index is 13.3. The molecule has 0 atom stereocenters. The van der Waals surface area contributed by atoms with E-state index in [1.165, 1.54) is 48.1 Å². The average molecular weight is 428 g/mol. The van der Waals surface area contributed by atoms with Gasteiger partial charge in [-0.05, 0) is 37.1 Å². The Hall–Kier alpha value is -2.66. The van der Waals surface area contributed by atoms with Crippen LogP contribution in [0.4, 0.5) is 10.1 Å². The lowest BCUT2D eigenvalue weighted by molar-refractivity contribution is -0.116. The molecule has 0 bridgehead atoms. The normalized spacial score (nSPS) is 14.3. The summed E-state index contributed by atoms with van der Waals surface area (Å²) in [5.74, 6) is 1.01. The predicted molar refractivity (Wildman–Crippen MR) is 116 cm³/mol. The summed E-state index contributed by atoms with van der Waals surface area (Å²) in [6.07, 6.45) is 7.93. The molecule has 1 saturated carbocycles. The van der Waals surface area contributed by atoms with Crippen molar-refractivity contribution in [2.24, 2.45) is 0 Å². The summed E-state index contributed by atoms with van der Waals surface area (Å²) in [5, 5.41) is 18.4. The number of hydrogen-bond donors (Lipinski definition) is 0. The second-order valence-electron chi connectivity index (χ2n) is 7.29. The molecule has 1 heterocycles. The van der Waals surface area contributed by atoms with Gasteiger partial charge in [0.1, 0.15) is 11.6 Å². The van der Waals surface area contributed by atoms with E-state index in [1.54, 1.807) is 12.1 Å². The summed E-state index contributed by atoms with van der Waals surface area (Å²) in [4.78, 5) is 14.4. The summed E-state index contributed by atoms with van der Waals surface area (Å²) in [6, 6.07) is 7.79. The molecule has 1 aromatic heterocycles. The Balaban J connectivity index is 1.72. The average Bonchev–Trinajstić information content (AvgIpc) is 3.17. The second kappa shape index (κ2) is 10.9. The van der Waals surface area contributed by atoms with Crippen molar-refractivity contribution in [1.29, 1.82) is 5.26 Å². The van der Waals surface area contributed by atoms with E-state index in [4.69, 9.17) is 5.26 Å². The number of aromatic nitrogens is 3. The van der Waals surface area contributed by atoms with Crippen LogP contribution in [0.5, 0.6) is 0 Å². The molecule has 0 spiro atoms. The molecule has 3 rings (SSSR count). The number of nitriles is 1. The van der Waals surface area contributed by atoms with Crippen LogP contribution in [-0.2, 0) is 11.3 Å². The van der Waals surface area contributed by atoms with Gasteiger partial charge in [-0.3, -0.25) is 4.79 Å². The number of allylic oxidation sites excluding steroid dienone is 1. The topological polar surface area (TPSA) is 74.8 Å². The van der Waals surface area contributed by atoms with E-state index in [-0.39, 0.29) is 30.4 Å². The molecular formula is C22H26FN5OS. The molecule has 0 saturated heterocycles. The summed E-state index contributed by atoms with van der Waals surface area (Å²) in [7, 11) is 0. The lowest BCUT2D eigenvalue weighted by Gasteiger charge is -2.22. The summed E-state index contributed by atoms with van der Waals surface area (Å²) >= 11 is 1.33. The molecule has 6 nitrogen and oxygen atoms in total. The van der Waals surface area contributed by atoms with Gasteiger partial charge in [-0.2, -0.15) is 5.26 Å². The molecule has 1 amide bonds. The first kappa shape index (κ1) is 22.0. The third kappa shape index (κ3) is 5.48. The van der Waals surface area contributed by atoms with Gasteiger partial charge in [0.25, 0.3) is 0 Å². The fourth-order valence-electron chi connectivity index (χ4n) is 3.76. The molecule has 1 aliphatic rings. The molecule has 0 radical (unpaired) electrons. The van der Waals surface area contributed by atoms with Crippen molar-refractivity contribution in [3.8, 4) is 6.07 Å². The van der Waals surface area contributed by atoms with Gasteiger partial charge >= 0.3 is 0 Å². The van der Waals surface area contributed by atoms with Crippen molar-refractivity contribution in [3.63, 3.8) is 0 Å². The molecule has 1 fully saturated rings. The Kier molecular flexibility index (Phi) is 8.03. The van der Waals surface area contributed by atoms with Gasteiger partial charge in [0, 0.05) is 24.7 Å². The van der Waals surface area contributed by atoms with Crippen LogP contribution in [0, 0.1) is 17.1 Å². The van der Waals surface area contributed by atoms with Crippen LogP contribution in [-0.4, -0.2) is 33.0 Å². The third-order valence-corrected chi connectivity index (χ3v) is 6.19. The van der Waals surface area contributed by atoms with Crippen LogP contribution in [0.2, 0.25) is 0 Å². The minimum atomic E-state index is -0.367. The number of rotatable bonds is 9. The second-order valence-corrected chi connectivity index (χ2v) is 8.24. The Morgan fingerprint density at radius 1 is 1.30 bits per heavy atom. The predicted octanol–water partition coefficient (Wildman–Crippen LogP) is 4.69. The lowest BCUT2D eigenvalue weighted by atomic mass is 9.89. The zero-order chi connectivity index (χ0) is 21.3. The van der Waals surface area contributed by atoms with E-state index in [0.717, 1.165) is 18.7 Å². The Morgan fingerprint density at radius 2 is 2.03 bits per heavy atom. The highest BCUT2D eigenvalue weighted by Crippen LogP contribution is 2.33. The number of amides is 1. The van der Waals surface area contributed by atoms with Crippen molar-refractivity contribution in [1.82, 2.24) is 14.8 Å². The number of carbonyl (C=O) groups is 1. The monoisotopic (exact) mass is 427 g/mol. The van der Waals surface area contributed by atoms with Crippen molar-refractivity contribution in [3.05, 3.63) is 48.6 Å². The minimum absolute atomic E-state index is 0.156. The molecular weight excluding hydrogens is 401 g/mol. The van der Waals surface area contributed by atoms with Gasteiger partial charge in [-0.15, -0.1) is 16.8 Å². The number of nitrogens with zero attached hydrogens (tertiary/aromatic N) is 5. The highest BCUT2D eigenvalue weighted by atomic mass is 32.2. The maximum Gasteiger partial charge on any atom is 0.237 e. The van der Waals surface area contributed by atoms with Gasteiger partial charge in [0.2, 0.25) is 5.91 Å². The summed E-state index contributed by atoms with van der Waals surface area (Å²) < 4.78 is 15.3. The number of benzene rings is 1. The third-order valence-electron chi connectivity index (χ3n) is 5.24. The molecule has 1 aromatic carbocycles. The van der Waals surface area contributed by atoms with Gasteiger partial charge in [-0.1, -0.05) is 37.1 Å². The Bertz CT molecular complexity index is 899. The molecule has 30 heavy (non-hydrogen) atoms. The minimum Gasteiger partial charge on any atom is -0.311 e. The fourth-order valence-corrected chi connectivity index (χ4v) is 4.59. The lowest BCUT2D eigenvalue weighted by Crippen LogP contribution is -2.33. The standard InChI is InChI=1S/C22H26FN5OS/c1-2-14-28-21(17-7-4-3-5-8-17)25-26-22(28)30-16-20(29)27(15-6-13-24)19-11-9-18(23)10-12-19/h2,9-12,17H,1,3-8,14-16H2. The number of thioether (sulfide) groups is 1.